The van der Waals surface area contributed by atoms with Crippen molar-refractivity contribution in [3.8, 4) is 5.69 Å². The molecule has 8 heteroatoms. The molecule has 0 unspecified atom stereocenters. The van der Waals surface area contributed by atoms with E-state index in [0.717, 1.165) is 5.56 Å². The van der Waals surface area contributed by atoms with Gasteiger partial charge in [-0.2, -0.15) is 4.98 Å². The summed E-state index contributed by atoms with van der Waals surface area (Å²) in [6, 6.07) is 18.4. The summed E-state index contributed by atoms with van der Waals surface area (Å²) in [6.45, 7) is 0.0604. The van der Waals surface area contributed by atoms with Crippen LogP contribution in [0.1, 0.15) is 16.1 Å². The predicted molar refractivity (Wildman–Crippen MR) is 110 cm³/mol. The van der Waals surface area contributed by atoms with Gasteiger partial charge in [0.1, 0.15) is 6.61 Å². The molecule has 0 radical (unpaired) electrons. The van der Waals surface area contributed by atoms with Crippen LogP contribution in [0.15, 0.2) is 60.7 Å². The van der Waals surface area contributed by atoms with Crippen LogP contribution in [0.2, 0.25) is 0 Å². The van der Waals surface area contributed by atoms with Gasteiger partial charge in [0.25, 0.3) is 5.91 Å². The van der Waals surface area contributed by atoms with E-state index in [1.165, 1.54) is 4.57 Å². The molecule has 0 atom stereocenters. The maximum Gasteiger partial charge on any atom is 0.356 e. The minimum absolute atomic E-state index is 0.0293. The van der Waals surface area contributed by atoms with E-state index in [4.69, 9.17) is 4.74 Å². The minimum atomic E-state index is -1.20. The molecule has 0 fully saturated rings. The van der Waals surface area contributed by atoms with Gasteiger partial charge in [0, 0.05) is 19.8 Å². The number of aromatic carboxylic acids is 1. The van der Waals surface area contributed by atoms with Gasteiger partial charge in [0.15, 0.2) is 11.5 Å². The van der Waals surface area contributed by atoms with Crippen molar-refractivity contribution in [1.29, 1.82) is 0 Å². The first kappa shape index (κ1) is 20.1. The summed E-state index contributed by atoms with van der Waals surface area (Å²) < 4.78 is 6.91. The van der Waals surface area contributed by atoms with Crippen molar-refractivity contribution in [2.45, 2.75) is 6.61 Å². The number of carboxylic acids is 1. The molecular formula is C21H22N4O4. The Hall–Kier alpha value is -3.65. The molecule has 0 saturated carbocycles. The molecular weight excluding hydrogens is 372 g/mol. The van der Waals surface area contributed by atoms with E-state index in [2.05, 4.69) is 10.3 Å². The summed E-state index contributed by atoms with van der Waals surface area (Å²) in [7, 11) is 3.50. The van der Waals surface area contributed by atoms with E-state index in [9.17, 15) is 14.7 Å². The average molecular weight is 394 g/mol. The van der Waals surface area contributed by atoms with Crippen molar-refractivity contribution in [1.82, 2.24) is 9.55 Å². The van der Waals surface area contributed by atoms with Crippen molar-refractivity contribution in [2.75, 3.05) is 30.9 Å². The van der Waals surface area contributed by atoms with Crippen LogP contribution in [-0.2, 0) is 16.1 Å². The summed E-state index contributed by atoms with van der Waals surface area (Å²) in [6.07, 6.45) is 0. The highest BCUT2D eigenvalue weighted by atomic mass is 16.5. The van der Waals surface area contributed by atoms with Gasteiger partial charge in [-0.3, -0.25) is 9.36 Å². The highest BCUT2D eigenvalue weighted by Crippen LogP contribution is 2.27. The van der Waals surface area contributed by atoms with Crippen LogP contribution >= 0.6 is 0 Å². The van der Waals surface area contributed by atoms with E-state index in [-0.39, 0.29) is 24.7 Å². The lowest BCUT2D eigenvalue weighted by molar-refractivity contribution is -0.121. The van der Waals surface area contributed by atoms with Gasteiger partial charge in [-0.15, -0.1) is 0 Å². The number of para-hydroxylation sites is 1. The van der Waals surface area contributed by atoms with E-state index in [1.54, 1.807) is 43.3 Å². The Bertz CT molecular complexity index is 985. The normalized spacial score (nSPS) is 10.6. The lowest BCUT2D eigenvalue weighted by Crippen LogP contribution is -2.20. The first-order chi connectivity index (χ1) is 14.0. The van der Waals surface area contributed by atoms with E-state index >= 15 is 0 Å². The number of rotatable bonds is 8. The fraction of sp³-hybridized carbons (Fsp3) is 0.190. The van der Waals surface area contributed by atoms with E-state index < -0.39 is 11.9 Å². The molecule has 0 aliphatic carbocycles. The van der Waals surface area contributed by atoms with Gasteiger partial charge >= 0.3 is 5.97 Å². The summed E-state index contributed by atoms with van der Waals surface area (Å²) in [5.41, 5.74) is 1.44. The molecule has 1 aromatic heterocycles. The molecule has 0 aliphatic rings. The predicted octanol–water partition coefficient (Wildman–Crippen LogP) is 2.79. The minimum Gasteiger partial charge on any atom is -0.476 e. The second-order valence-electron chi connectivity index (χ2n) is 6.51. The number of nitrogens with zero attached hydrogens (tertiary/aromatic N) is 3. The molecule has 2 aromatic carbocycles. The highest BCUT2D eigenvalue weighted by Gasteiger charge is 2.26. The molecule has 1 amide bonds. The smallest absolute Gasteiger partial charge is 0.356 e. The fourth-order valence-corrected chi connectivity index (χ4v) is 2.82. The molecule has 8 nitrogen and oxygen atoms in total. The van der Waals surface area contributed by atoms with Crippen LogP contribution < -0.4 is 10.2 Å². The maximum atomic E-state index is 12.3. The summed E-state index contributed by atoms with van der Waals surface area (Å²) in [4.78, 5) is 30.3. The van der Waals surface area contributed by atoms with Crippen LogP contribution in [0.3, 0.4) is 0 Å². The third kappa shape index (κ3) is 4.80. The number of aromatic nitrogens is 2. The summed E-state index contributed by atoms with van der Waals surface area (Å²) in [5.74, 6) is -1.33. The number of carboxylic acid groups (broad SMARTS) is 1. The number of carbonyl (C=O) groups is 2. The van der Waals surface area contributed by atoms with E-state index in [0.29, 0.717) is 11.6 Å². The fourth-order valence-electron chi connectivity index (χ4n) is 2.82. The first-order valence-corrected chi connectivity index (χ1v) is 8.97. The van der Waals surface area contributed by atoms with Gasteiger partial charge < -0.3 is 20.1 Å². The Kier molecular flexibility index (Phi) is 6.25. The van der Waals surface area contributed by atoms with Gasteiger partial charge in [0.2, 0.25) is 5.95 Å². The lowest BCUT2D eigenvalue weighted by atomic mass is 10.2. The summed E-state index contributed by atoms with van der Waals surface area (Å²) >= 11 is 0. The number of amides is 1. The Morgan fingerprint density at radius 2 is 1.69 bits per heavy atom. The molecule has 150 valence electrons. The van der Waals surface area contributed by atoms with Crippen molar-refractivity contribution in [3.05, 3.63) is 71.9 Å². The molecule has 3 rings (SSSR count). The second-order valence-corrected chi connectivity index (χ2v) is 6.51. The zero-order valence-corrected chi connectivity index (χ0v) is 16.2. The van der Waals surface area contributed by atoms with Crippen LogP contribution in [0.5, 0.6) is 0 Å². The Morgan fingerprint density at radius 3 is 2.28 bits per heavy atom. The van der Waals surface area contributed by atoms with Crippen molar-refractivity contribution < 1.29 is 19.4 Å². The van der Waals surface area contributed by atoms with Crippen molar-refractivity contribution in [3.63, 3.8) is 0 Å². The quantitative estimate of drug-likeness (QED) is 0.610. The van der Waals surface area contributed by atoms with Gasteiger partial charge in [0.05, 0.1) is 6.61 Å². The van der Waals surface area contributed by atoms with Crippen LogP contribution in [0, 0.1) is 0 Å². The largest absolute Gasteiger partial charge is 0.476 e. The van der Waals surface area contributed by atoms with Gasteiger partial charge in [-0.1, -0.05) is 48.5 Å². The molecule has 2 N–H and O–H groups in total. The Labute approximate surface area is 168 Å². The number of hydrogen-bond acceptors (Lipinski definition) is 5. The van der Waals surface area contributed by atoms with Crippen LogP contribution in [0.25, 0.3) is 5.69 Å². The monoisotopic (exact) mass is 394 g/mol. The third-order valence-electron chi connectivity index (χ3n) is 4.08. The lowest BCUT2D eigenvalue weighted by Gasteiger charge is -2.15. The number of ether oxygens (including phenoxy) is 1. The topological polar surface area (TPSA) is 96.7 Å². The number of nitrogens with one attached hydrogen (secondary N) is 1. The maximum absolute atomic E-state index is 12.3. The number of imidazole rings is 1. The zero-order chi connectivity index (χ0) is 20.8. The third-order valence-corrected chi connectivity index (χ3v) is 4.08. The van der Waals surface area contributed by atoms with Gasteiger partial charge in [-0.25, -0.2) is 4.79 Å². The number of benzene rings is 2. The molecule has 0 bridgehead atoms. The molecule has 3 aromatic rings. The zero-order valence-electron chi connectivity index (χ0n) is 16.2. The Morgan fingerprint density at radius 1 is 1.07 bits per heavy atom. The van der Waals surface area contributed by atoms with E-state index in [1.807, 2.05) is 36.4 Å². The standard InChI is InChI=1S/C21H22N4O4/c1-24(2)21-23-19(18(20(27)28)25(21)16-11-7-4-8-12-16)22-17(26)14-29-13-15-9-5-3-6-10-15/h3-12H,13-14H2,1-2H3,(H,22,26)(H,27,28). The van der Waals surface area contributed by atoms with Crippen molar-refractivity contribution in [2.24, 2.45) is 0 Å². The average Bonchev–Trinajstić information content (AvgIpc) is 3.09. The Balaban J connectivity index is 1.81. The van der Waals surface area contributed by atoms with Crippen LogP contribution in [-0.4, -0.2) is 47.2 Å². The molecule has 1 heterocycles. The SMILES string of the molecule is CN(C)c1nc(NC(=O)COCc2ccccc2)c(C(=O)O)n1-c1ccccc1. The number of carbonyl (C=O) groups excluding carboxylic acids is 1. The van der Waals surface area contributed by atoms with Crippen molar-refractivity contribution >= 4 is 23.6 Å². The van der Waals surface area contributed by atoms with Crippen LogP contribution in [0.4, 0.5) is 11.8 Å². The molecule has 29 heavy (non-hydrogen) atoms. The molecule has 0 spiro atoms. The summed E-state index contributed by atoms with van der Waals surface area (Å²) in [5, 5.41) is 12.3. The first-order valence-electron chi connectivity index (χ1n) is 8.97. The number of anilines is 2. The highest BCUT2D eigenvalue weighted by molar-refractivity contribution is 6.00. The molecule has 0 aliphatic heterocycles. The number of hydrogen-bond donors (Lipinski definition) is 2. The second kappa shape index (κ2) is 9.03. The van der Waals surface area contributed by atoms with Gasteiger partial charge in [-0.05, 0) is 17.7 Å². The molecule has 0 saturated heterocycles.